The second-order valence-electron chi connectivity index (χ2n) is 4.62. The Bertz CT molecular complexity index is 573. The molecule has 0 aromatic heterocycles. The topological polar surface area (TPSA) is 50.4 Å². The van der Waals surface area contributed by atoms with Crippen LogP contribution in [0.5, 0.6) is 0 Å². The SMILES string of the molecule is CC(NC(=O)NOCc1ccccc1)c1ccc(Br)cc1. The van der Waals surface area contributed by atoms with Crippen molar-refractivity contribution in [3.63, 3.8) is 0 Å². The van der Waals surface area contributed by atoms with E-state index in [1.165, 1.54) is 0 Å². The van der Waals surface area contributed by atoms with Crippen molar-refractivity contribution in [3.05, 3.63) is 70.2 Å². The molecule has 0 aliphatic carbocycles. The summed E-state index contributed by atoms with van der Waals surface area (Å²) in [7, 11) is 0. The summed E-state index contributed by atoms with van der Waals surface area (Å²) >= 11 is 3.38. The lowest BCUT2D eigenvalue weighted by Crippen LogP contribution is -2.36. The fourth-order valence-electron chi connectivity index (χ4n) is 1.82. The van der Waals surface area contributed by atoms with Gasteiger partial charge in [-0.3, -0.25) is 4.84 Å². The summed E-state index contributed by atoms with van der Waals surface area (Å²) in [5, 5.41) is 2.81. The van der Waals surface area contributed by atoms with E-state index in [0.29, 0.717) is 6.61 Å². The lowest BCUT2D eigenvalue weighted by molar-refractivity contribution is 0.0483. The minimum Gasteiger partial charge on any atom is -0.330 e. The number of carbonyl (C=O) groups is 1. The summed E-state index contributed by atoms with van der Waals surface area (Å²) in [5.74, 6) is 0. The molecule has 0 aliphatic rings. The predicted octanol–water partition coefficient (Wildman–Crippen LogP) is 3.94. The predicted molar refractivity (Wildman–Crippen MR) is 85.5 cm³/mol. The van der Waals surface area contributed by atoms with Gasteiger partial charge in [-0.15, -0.1) is 0 Å². The molecule has 5 heteroatoms. The standard InChI is InChI=1S/C16H17BrN2O2/c1-12(14-7-9-15(17)10-8-14)18-16(20)19-21-11-13-5-3-2-4-6-13/h2-10,12H,11H2,1H3,(H2,18,19,20). The van der Waals surface area contributed by atoms with Gasteiger partial charge in [0.25, 0.3) is 0 Å². The van der Waals surface area contributed by atoms with E-state index >= 15 is 0 Å². The van der Waals surface area contributed by atoms with Gasteiger partial charge in [-0.25, -0.2) is 10.3 Å². The number of hydrogen-bond acceptors (Lipinski definition) is 2. The highest BCUT2D eigenvalue weighted by atomic mass is 79.9. The molecule has 21 heavy (non-hydrogen) atoms. The smallest absolute Gasteiger partial charge is 0.330 e. The van der Waals surface area contributed by atoms with Crippen LogP contribution in [0.25, 0.3) is 0 Å². The second-order valence-corrected chi connectivity index (χ2v) is 5.54. The van der Waals surface area contributed by atoms with Gasteiger partial charge in [-0.2, -0.15) is 0 Å². The van der Waals surface area contributed by atoms with E-state index in [1.807, 2.05) is 61.5 Å². The van der Waals surface area contributed by atoms with Crippen molar-refractivity contribution < 1.29 is 9.63 Å². The molecule has 0 spiro atoms. The molecule has 0 saturated heterocycles. The Balaban J connectivity index is 1.75. The van der Waals surface area contributed by atoms with Crippen LogP contribution in [-0.2, 0) is 11.4 Å². The number of hydrogen-bond donors (Lipinski definition) is 2. The molecule has 1 atom stereocenters. The highest BCUT2D eigenvalue weighted by Gasteiger charge is 2.09. The fourth-order valence-corrected chi connectivity index (χ4v) is 2.08. The number of nitrogens with one attached hydrogen (secondary N) is 2. The molecule has 2 amide bonds. The van der Waals surface area contributed by atoms with Gasteiger partial charge >= 0.3 is 6.03 Å². The largest absolute Gasteiger partial charge is 0.339 e. The summed E-state index contributed by atoms with van der Waals surface area (Å²) < 4.78 is 1.01. The third kappa shape index (κ3) is 5.21. The van der Waals surface area contributed by atoms with Crippen LogP contribution in [0, 0.1) is 0 Å². The zero-order chi connectivity index (χ0) is 15.1. The number of halogens is 1. The van der Waals surface area contributed by atoms with Gasteiger partial charge < -0.3 is 5.32 Å². The molecule has 110 valence electrons. The number of urea groups is 1. The first-order valence-electron chi connectivity index (χ1n) is 6.63. The average molecular weight is 349 g/mol. The van der Waals surface area contributed by atoms with Gasteiger partial charge in [0.1, 0.15) is 0 Å². The molecular weight excluding hydrogens is 332 g/mol. The summed E-state index contributed by atoms with van der Waals surface area (Å²) in [6, 6.07) is 17.0. The van der Waals surface area contributed by atoms with E-state index in [-0.39, 0.29) is 12.1 Å². The van der Waals surface area contributed by atoms with Crippen LogP contribution >= 0.6 is 15.9 Å². The Kier molecular flexibility index (Phi) is 5.78. The van der Waals surface area contributed by atoms with Gasteiger partial charge in [0.15, 0.2) is 0 Å². The van der Waals surface area contributed by atoms with Gasteiger partial charge in [-0.1, -0.05) is 58.4 Å². The molecule has 0 saturated carbocycles. The average Bonchev–Trinajstić information content (AvgIpc) is 2.49. The molecule has 0 fully saturated rings. The minimum absolute atomic E-state index is 0.0987. The summed E-state index contributed by atoms with van der Waals surface area (Å²) in [5.41, 5.74) is 4.41. The number of hydroxylamine groups is 1. The number of amides is 2. The van der Waals surface area contributed by atoms with Crippen LogP contribution in [0.15, 0.2) is 59.1 Å². The van der Waals surface area contributed by atoms with Crippen molar-refractivity contribution in [1.29, 1.82) is 0 Å². The highest BCUT2D eigenvalue weighted by molar-refractivity contribution is 9.10. The normalized spacial score (nSPS) is 11.7. The number of rotatable bonds is 5. The molecule has 0 bridgehead atoms. The molecule has 2 N–H and O–H groups in total. The van der Waals surface area contributed by atoms with Crippen LogP contribution in [0.4, 0.5) is 4.79 Å². The maximum atomic E-state index is 11.7. The number of carbonyl (C=O) groups excluding carboxylic acids is 1. The van der Waals surface area contributed by atoms with E-state index < -0.39 is 0 Å². The number of benzene rings is 2. The molecule has 0 radical (unpaired) electrons. The van der Waals surface area contributed by atoms with Crippen LogP contribution < -0.4 is 10.8 Å². The Labute approximate surface area is 132 Å². The van der Waals surface area contributed by atoms with Gasteiger partial charge in [0.2, 0.25) is 0 Å². The Morgan fingerprint density at radius 1 is 1.14 bits per heavy atom. The van der Waals surface area contributed by atoms with Crippen molar-refractivity contribution >= 4 is 22.0 Å². The first-order valence-corrected chi connectivity index (χ1v) is 7.42. The molecule has 2 aromatic rings. The maximum Gasteiger partial charge on any atom is 0.339 e. The molecule has 0 aliphatic heterocycles. The van der Waals surface area contributed by atoms with Crippen LogP contribution in [-0.4, -0.2) is 6.03 Å². The van der Waals surface area contributed by atoms with E-state index in [4.69, 9.17) is 4.84 Å². The third-order valence-corrected chi connectivity index (χ3v) is 3.49. The van der Waals surface area contributed by atoms with E-state index in [2.05, 4.69) is 26.7 Å². The summed E-state index contributed by atoms with van der Waals surface area (Å²) in [6.07, 6.45) is 0. The summed E-state index contributed by atoms with van der Waals surface area (Å²) in [6.45, 7) is 2.25. The van der Waals surface area contributed by atoms with Crippen molar-refractivity contribution in [1.82, 2.24) is 10.8 Å². The van der Waals surface area contributed by atoms with Crippen LogP contribution in [0.1, 0.15) is 24.1 Å². The van der Waals surface area contributed by atoms with E-state index in [9.17, 15) is 4.79 Å². The van der Waals surface area contributed by atoms with Gasteiger partial charge in [-0.05, 0) is 30.2 Å². The molecule has 1 unspecified atom stereocenters. The Hall–Kier alpha value is -1.85. The zero-order valence-electron chi connectivity index (χ0n) is 11.7. The molecule has 2 rings (SSSR count). The maximum absolute atomic E-state index is 11.7. The van der Waals surface area contributed by atoms with Crippen molar-refractivity contribution in [2.75, 3.05) is 0 Å². The molecule has 4 nitrogen and oxygen atoms in total. The fraction of sp³-hybridized carbons (Fsp3) is 0.188. The lowest BCUT2D eigenvalue weighted by atomic mass is 10.1. The zero-order valence-corrected chi connectivity index (χ0v) is 13.3. The van der Waals surface area contributed by atoms with Gasteiger partial charge in [0.05, 0.1) is 12.6 Å². The van der Waals surface area contributed by atoms with Crippen molar-refractivity contribution in [2.45, 2.75) is 19.6 Å². The first kappa shape index (κ1) is 15.5. The molecule has 0 heterocycles. The summed E-state index contributed by atoms with van der Waals surface area (Å²) in [4.78, 5) is 16.9. The quantitative estimate of drug-likeness (QED) is 0.804. The molecule has 2 aromatic carbocycles. The van der Waals surface area contributed by atoms with Gasteiger partial charge in [0, 0.05) is 4.47 Å². The lowest BCUT2D eigenvalue weighted by Gasteiger charge is -2.15. The van der Waals surface area contributed by atoms with Crippen molar-refractivity contribution in [2.24, 2.45) is 0 Å². The first-order chi connectivity index (χ1) is 10.1. The molecular formula is C16H17BrN2O2. The highest BCUT2D eigenvalue weighted by Crippen LogP contribution is 2.16. The van der Waals surface area contributed by atoms with E-state index in [0.717, 1.165) is 15.6 Å². The monoisotopic (exact) mass is 348 g/mol. The Morgan fingerprint density at radius 3 is 2.48 bits per heavy atom. The van der Waals surface area contributed by atoms with E-state index in [1.54, 1.807) is 0 Å². The second kappa shape index (κ2) is 7.81. The van der Waals surface area contributed by atoms with Crippen LogP contribution in [0.2, 0.25) is 0 Å². The Morgan fingerprint density at radius 2 is 1.81 bits per heavy atom. The minimum atomic E-state index is -0.360. The third-order valence-electron chi connectivity index (χ3n) is 2.96. The van der Waals surface area contributed by atoms with Crippen molar-refractivity contribution in [3.8, 4) is 0 Å². The van der Waals surface area contributed by atoms with Crippen LogP contribution in [0.3, 0.4) is 0 Å².